The normalized spacial score (nSPS) is 15.6. The van der Waals surface area contributed by atoms with Crippen LogP contribution in [0.5, 0.6) is 5.88 Å². The van der Waals surface area contributed by atoms with Gasteiger partial charge in [0.05, 0.1) is 35.6 Å². The van der Waals surface area contributed by atoms with Crippen molar-refractivity contribution >= 4 is 26.9 Å². The Morgan fingerprint density at radius 3 is 2.42 bits per heavy atom. The molecule has 188 valence electrons. The van der Waals surface area contributed by atoms with Gasteiger partial charge in [-0.05, 0) is 55.8 Å². The molecule has 0 aliphatic heterocycles. The van der Waals surface area contributed by atoms with Gasteiger partial charge < -0.3 is 10.1 Å². The fraction of sp³-hybridized carbons (Fsp3) is 0.385. The van der Waals surface area contributed by atoms with Crippen LogP contribution in [-0.4, -0.2) is 40.8 Å². The number of halogens is 3. The molecule has 0 spiro atoms. The molecule has 1 N–H and O–H groups in total. The van der Waals surface area contributed by atoms with Gasteiger partial charge in [-0.2, -0.15) is 20.3 Å². The molecule has 0 unspecified atom stereocenters. The molecule has 2 aromatic heterocycles. The Kier molecular flexibility index (Phi) is 6.76. The lowest BCUT2D eigenvalue weighted by atomic mass is 9.97. The monoisotopic (exact) mass is 513 g/mol. The number of rotatable bonds is 6. The summed E-state index contributed by atoms with van der Waals surface area (Å²) in [5.74, 6) is 2.85. The lowest BCUT2D eigenvalue weighted by Crippen LogP contribution is -2.14. The van der Waals surface area contributed by atoms with Crippen LogP contribution in [0.1, 0.15) is 54.7 Å². The Morgan fingerprint density at radius 1 is 1.14 bits per heavy atom. The van der Waals surface area contributed by atoms with Crippen LogP contribution in [0.2, 0.25) is 0 Å². The molecule has 1 aliphatic carbocycles. The van der Waals surface area contributed by atoms with Crippen LogP contribution >= 0.6 is 10.0 Å². The number of fused-ring (bicyclic) bond motifs is 1. The van der Waals surface area contributed by atoms with Crippen LogP contribution < -0.4 is 10.1 Å². The van der Waals surface area contributed by atoms with Crippen molar-refractivity contribution in [3.8, 4) is 23.1 Å². The summed E-state index contributed by atoms with van der Waals surface area (Å²) in [5.41, 5.74) is -0.357. The third-order valence-electron chi connectivity index (χ3n) is 5.91. The van der Waals surface area contributed by atoms with Crippen LogP contribution in [-0.2, 0) is 5.41 Å². The molecular formula is C26H26F3N5OS. The highest BCUT2D eigenvalue weighted by atomic mass is 32.3. The zero-order valence-corrected chi connectivity index (χ0v) is 21.4. The molecule has 1 fully saturated rings. The third-order valence-corrected chi connectivity index (χ3v) is 6.62. The molecule has 1 aliphatic rings. The van der Waals surface area contributed by atoms with E-state index in [1.165, 1.54) is 19.2 Å². The average Bonchev–Trinajstić information content (AvgIpc) is 3.62. The summed E-state index contributed by atoms with van der Waals surface area (Å²) in [4.78, 5) is 13.6. The maximum absolute atomic E-state index is 14.9. The summed E-state index contributed by atoms with van der Waals surface area (Å²) in [6, 6.07) is 7.31. The first-order chi connectivity index (χ1) is 17.0. The average molecular weight is 514 g/mol. The summed E-state index contributed by atoms with van der Waals surface area (Å²) in [6.07, 6.45) is 4.52. The Morgan fingerprint density at radius 2 is 1.83 bits per heavy atom. The van der Waals surface area contributed by atoms with Crippen molar-refractivity contribution in [2.45, 2.75) is 37.6 Å². The maximum Gasteiger partial charge on any atom is 0.266 e. The van der Waals surface area contributed by atoms with Crippen LogP contribution in [0.3, 0.4) is 0 Å². The number of hydrogen-bond donors (Lipinski definition) is 1. The van der Waals surface area contributed by atoms with Crippen LogP contribution in [0, 0.1) is 28.3 Å². The zero-order chi connectivity index (χ0) is 26.3. The van der Waals surface area contributed by atoms with Crippen molar-refractivity contribution in [2.24, 2.45) is 0 Å². The Hall–Kier alpha value is -3.50. The van der Waals surface area contributed by atoms with Gasteiger partial charge in [-0.3, -0.25) is 0 Å². The number of nitrogens with one attached hydrogen (secondary N) is 1. The van der Waals surface area contributed by atoms with Crippen molar-refractivity contribution in [3.63, 3.8) is 0 Å². The summed E-state index contributed by atoms with van der Waals surface area (Å²) in [6.45, 7) is 1.65. The second kappa shape index (κ2) is 9.51. The molecule has 6 nitrogen and oxygen atoms in total. The van der Waals surface area contributed by atoms with E-state index in [4.69, 9.17) is 4.74 Å². The van der Waals surface area contributed by atoms with Crippen LogP contribution in [0.15, 0.2) is 24.3 Å². The van der Waals surface area contributed by atoms with E-state index >= 15 is 0 Å². The minimum absolute atomic E-state index is 0.0729. The molecule has 1 aromatic carbocycles. The number of anilines is 1. The first-order valence-electron chi connectivity index (χ1n) is 11.2. The SMILES string of the molecule is COc1nc2nc(C#CS(C)(C)C)nc(N[C@H](C)c3cccc(C(F)F)c3F)c2cc1C1(C#N)CC1. The minimum atomic E-state index is -2.93. The van der Waals surface area contributed by atoms with Gasteiger partial charge in [-0.15, -0.1) is 0 Å². The largest absolute Gasteiger partial charge is 0.481 e. The Balaban J connectivity index is 1.87. The molecule has 3 aromatic rings. The van der Waals surface area contributed by atoms with E-state index in [2.05, 4.69) is 37.5 Å². The second-order valence-electron chi connectivity index (χ2n) is 9.49. The highest BCUT2D eigenvalue weighted by molar-refractivity contribution is 8.35. The van der Waals surface area contributed by atoms with Crippen molar-refractivity contribution in [2.75, 3.05) is 31.2 Å². The molecular weight excluding hydrogens is 487 g/mol. The minimum Gasteiger partial charge on any atom is -0.481 e. The van der Waals surface area contributed by atoms with Gasteiger partial charge in [0.25, 0.3) is 6.43 Å². The molecule has 0 amide bonds. The second-order valence-corrected chi connectivity index (χ2v) is 13.4. The lowest BCUT2D eigenvalue weighted by molar-refractivity contribution is 0.146. The number of aromatic nitrogens is 3. The van der Waals surface area contributed by atoms with E-state index in [0.29, 0.717) is 41.1 Å². The molecule has 0 radical (unpaired) electrons. The molecule has 2 heterocycles. The number of pyridine rings is 1. The number of methoxy groups -OCH3 is 1. The molecule has 36 heavy (non-hydrogen) atoms. The van der Waals surface area contributed by atoms with E-state index in [0.717, 1.165) is 6.07 Å². The van der Waals surface area contributed by atoms with Gasteiger partial charge in [-0.25, -0.2) is 23.1 Å². The molecule has 1 saturated carbocycles. The first kappa shape index (κ1) is 25.6. The number of hydrogen-bond acceptors (Lipinski definition) is 6. The lowest BCUT2D eigenvalue weighted by Gasteiger charge is -2.19. The first-order valence-corrected chi connectivity index (χ1v) is 14.1. The highest BCUT2D eigenvalue weighted by Crippen LogP contribution is 2.51. The standard InChI is InChI=1S/C26H26F3N5OS/c1-15(16-7-6-8-17(21(16)27)22(28)29)31-23-18-13-19(26(14-30)10-11-26)25(35-2)34-24(18)33-20(32-23)9-12-36(3,4)5/h6-8,13,15,22H,10-11H2,1-5H3,(H,31,32,33,34)/t15-/m1/s1. The molecule has 1 atom stereocenters. The van der Waals surface area contributed by atoms with Gasteiger partial charge in [0.1, 0.15) is 11.6 Å². The summed E-state index contributed by atoms with van der Waals surface area (Å²) < 4.78 is 46.9. The molecule has 10 heteroatoms. The number of alkyl halides is 2. The van der Waals surface area contributed by atoms with E-state index < -0.39 is 39.3 Å². The fourth-order valence-corrected chi connectivity index (χ4v) is 4.22. The predicted molar refractivity (Wildman–Crippen MR) is 136 cm³/mol. The number of nitriles is 1. The maximum atomic E-state index is 14.9. The van der Waals surface area contributed by atoms with Gasteiger partial charge in [0, 0.05) is 11.1 Å². The summed E-state index contributed by atoms with van der Waals surface area (Å²) in [7, 11) is 0.312. The molecule has 0 bridgehead atoms. The molecule has 4 rings (SSSR count). The predicted octanol–water partition coefficient (Wildman–Crippen LogP) is 5.84. The Bertz CT molecular complexity index is 1430. The number of nitrogens with zero attached hydrogens (tertiary/aromatic N) is 4. The smallest absolute Gasteiger partial charge is 0.266 e. The van der Waals surface area contributed by atoms with Gasteiger partial charge >= 0.3 is 0 Å². The van der Waals surface area contributed by atoms with Crippen molar-refractivity contribution in [1.29, 1.82) is 5.26 Å². The molecule has 0 saturated heterocycles. The van der Waals surface area contributed by atoms with Gasteiger partial charge in [0.15, 0.2) is 5.65 Å². The quantitative estimate of drug-likeness (QED) is 0.417. The Labute approximate surface area is 209 Å². The summed E-state index contributed by atoms with van der Waals surface area (Å²) in [5, 5.41) is 16.6. The highest BCUT2D eigenvalue weighted by Gasteiger charge is 2.47. The fourth-order valence-electron chi connectivity index (χ4n) is 3.82. The zero-order valence-electron chi connectivity index (χ0n) is 20.6. The number of benzene rings is 1. The van der Waals surface area contributed by atoms with Gasteiger partial charge in [-0.1, -0.05) is 18.2 Å². The third kappa shape index (κ3) is 5.05. The summed E-state index contributed by atoms with van der Waals surface area (Å²) >= 11 is 0. The van der Waals surface area contributed by atoms with Crippen LogP contribution in [0.4, 0.5) is 19.0 Å². The van der Waals surface area contributed by atoms with E-state index in [-0.39, 0.29) is 11.4 Å². The van der Waals surface area contributed by atoms with Crippen molar-refractivity contribution in [1.82, 2.24) is 15.0 Å². The van der Waals surface area contributed by atoms with E-state index in [1.807, 2.05) is 18.8 Å². The number of ether oxygens (including phenoxy) is 1. The van der Waals surface area contributed by atoms with E-state index in [9.17, 15) is 18.4 Å². The van der Waals surface area contributed by atoms with Gasteiger partial charge in [0.2, 0.25) is 11.7 Å². The topological polar surface area (TPSA) is 83.7 Å². The van der Waals surface area contributed by atoms with Crippen LogP contribution in [0.25, 0.3) is 11.0 Å². The van der Waals surface area contributed by atoms with Crippen molar-refractivity contribution in [3.05, 3.63) is 52.6 Å². The van der Waals surface area contributed by atoms with E-state index in [1.54, 1.807) is 13.0 Å². The van der Waals surface area contributed by atoms with Crippen molar-refractivity contribution < 1.29 is 17.9 Å².